The second kappa shape index (κ2) is 2.74. The Balaban J connectivity index is 3.14. The number of carbonyl (C=O) groups excluding carboxylic acids is 1. The average Bonchev–Trinajstić information content (AvgIpc) is 2.23. The van der Waals surface area contributed by atoms with Gasteiger partial charge >= 0.3 is 18.1 Å². The van der Waals surface area contributed by atoms with E-state index in [0.29, 0.717) is 0 Å². The summed E-state index contributed by atoms with van der Waals surface area (Å²) in [7, 11) is 0. The van der Waals surface area contributed by atoms with Gasteiger partial charge in [-0.3, -0.25) is 0 Å². The Hall–Kier alpha value is -1.02. The molecule has 1 aliphatic rings. The smallest absolute Gasteiger partial charge is 0.394 e. The summed E-state index contributed by atoms with van der Waals surface area (Å²) in [5.41, 5.74) is 0. The van der Waals surface area contributed by atoms with Crippen molar-refractivity contribution in [2.45, 2.75) is 31.1 Å². The van der Waals surface area contributed by atoms with E-state index in [0.717, 1.165) is 6.92 Å². The third-order valence-corrected chi connectivity index (χ3v) is 1.88. The van der Waals surface area contributed by atoms with Gasteiger partial charge in [-0.15, -0.1) is 0 Å². The van der Waals surface area contributed by atoms with Gasteiger partial charge in [-0.25, -0.2) is 4.79 Å². The lowest BCUT2D eigenvalue weighted by Gasteiger charge is -2.32. The molecule has 82 valence electrons. The SMILES string of the molecule is CCC1(O)OC(=O)OC1(O)C(F)(F)F. The summed E-state index contributed by atoms with van der Waals surface area (Å²) in [6.45, 7) is 1.10. The number of hydrogen-bond donors (Lipinski definition) is 2. The number of cyclic esters (lactones) is 2. The number of halogens is 3. The van der Waals surface area contributed by atoms with Crippen molar-refractivity contribution in [3.05, 3.63) is 0 Å². The van der Waals surface area contributed by atoms with Crippen LogP contribution in [0.15, 0.2) is 0 Å². The molecule has 1 saturated heterocycles. The fraction of sp³-hybridized carbons (Fsp3) is 0.833. The maximum atomic E-state index is 12.2. The molecular weight excluding hydrogens is 209 g/mol. The molecule has 5 nitrogen and oxygen atoms in total. The van der Waals surface area contributed by atoms with Crippen LogP contribution in [0.1, 0.15) is 13.3 Å². The van der Waals surface area contributed by atoms with E-state index in [9.17, 15) is 23.1 Å². The lowest BCUT2D eigenvalue weighted by molar-refractivity contribution is -0.407. The molecule has 0 aromatic rings. The molecule has 2 atom stereocenters. The van der Waals surface area contributed by atoms with E-state index < -0.39 is 30.3 Å². The van der Waals surface area contributed by atoms with Crippen LogP contribution in [-0.2, 0) is 9.47 Å². The van der Waals surface area contributed by atoms with Crippen LogP contribution in [0.5, 0.6) is 0 Å². The fourth-order valence-corrected chi connectivity index (χ4v) is 1.02. The van der Waals surface area contributed by atoms with Gasteiger partial charge in [-0.05, 0) is 0 Å². The first-order chi connectivity index (χ1) is 6.16. The van der Waals surface area contributed by atoms with Gasteiger partial charge in [0.1, 0.15) is 0 Å². The van der Waals surface area contributed by atoms with E-state index >= 15 is 0 Å². The van der Waals surface area contributed by atoms with Crippen LogP contribution in [0.3, 0.4) is 0 Å². The zero-order chi connectivity index (χ0) is 11.2. The summed E-state index contributed by atoms with van der Waals surface area (Å²) < 4.78 is 44.1. The minimum absolute atomic E-state index is 0.658. The standard InChI is InChI=1S/C6H7F3O5/c1-2-4(11)5(12,6(7,8)9)14-3(10)13-4/h11-12H,2H2,1H3. The summed E-state index contributed by atoms with van der Waals surface area (Å²) in [5.74, 6) is -7.10. The summed E-state index contributed by atoms with van der Waals surface area (Å²) in [5, 5.41) is 18.2. The molecule has 2 N–H and O–H groups in total. The van der Waals surface area contributed by atoms with Crippen molar-refractivity contribution in [3.63, 3.8) is 0 Å². The van der Waals surface area contributed by atoms with Gasteiger partial charge in [0.05, 0.1) is 0 Å². The van der Waals surface area contributed by atoms with Gasteiger partial charge in [0.2, 0.25) is 0 Å². The first-order valence-corrected chi connectivity index (χ1v) is 3.60. The van der Waals surface area contributed by atoms with Crippen LogP contribution in [0.2, 0.25) is 0 Å². The molecule has 1 aliphatic heterocycles. The quantitative estimate of drug-likeness (QED) is 0.624. The van der Waals surface area contributed by atoms with Crippen LogP contribution >= 0.6 is 0 Å². The van der Waals surface area contributed by atoms with E-state index in [1.807, 2.05) is 0 Å². The lowest BCUT2D eigenvalue weighted by Crippen LogP contribution is -2.61. The topological polar surface area (TPSA) is 76.0 Å². The second-order valence-electron chi connectivity index (χ2n) is 2.73. The predicted octanol–water partition coefficient (Wildman–Crippen LogP) is 0.503. The second-order valence-corrected chi connectivity index (χ2v) is 2.73. The summed E-state index contributed by atoms with van der Waals surface area (Å²) in [6.07, 6.45) is -7.76. The van der Waals surface area contributed by atoms with Crippen molar-refractivity contribution in [2.75, 3.05) is 0 Å². The van der Waals surface area contributed by atoms with E-state index in [1.54, 1.807) is 0 Å². The van der Waals surface area contributed by atoms with Crippen molar-refractivity contribution in [1.29, 1.82) is 0 Å². The molecule has 1 rings (SSSR count). The van der Waals surface area contributed by atoms with Crippen LogP contribution in [0, 0.1) is 0 Å². The maximum absolute atomic E-state index is 12.2. The molecular formula is C6H7F3O5. The van der Waals surface area contributed by atoms with Crippen molar-refractivity contribution in [2.24, 2.45) is 0 Å². The molecule has 0 radical (unpaired) electrons. The Bertz CT molecular complexity index is 265. The van der Waals surface area contributed by atoms with Gasteiger partial charge in [0.25, 0.3) is 5.79 Å². The molecule has 14 heavy (non-hydrogen) atoms. The Kier molecular flexibility index (Phi) is 2.16. The molecule has 1 fully saturated rings. The van der Waals surface area contributed by atoms with Gasteiger partial charge in [-0.2, -0.15) is 13.2 Å². The number of carbonyl (C=O) groups is 1. The molecule has 0 spiro atoms. The molecule has 0 aromatic carbocycles. The first kappa shape index (κ1) is 11.1. The Morgan fingerprint density at radius 3 is 2.14 bits per heavy atom. The van der Waals surface area contributed by atoms with Crippen LogP contribution in [-0.4, -0.2) is 34.1 Å². The third-order valence-electron chi connectivity index (χ3n) is 1.88. The van der Waals surface area contributed by atoms with Crippen molar-refractivity contribution < 1.29 is 37.7 Å². The van der Waals surface area contributed by atoms with Crippen molar-refractivity contribution >= 4 is 6.16 Å². The number of alkyl halides is 3. The maximum Gasteiger partial charge on any atom is 0.514 e. The molecule has 0 saturated carbocycles. The minimum Gasteiger partial charge on any atom is -0.394 e. The van der Waals surface area contributed by atoms with E-state index in [1.165, 1.54) is 0 Å². The van der Waals surface area contributed by atoms with Crippen LogP contribution in [0.4, 0.5) is 18.0 Å². The van der Waals surface area contributed by atoms with Gasteiger partial charge in [0, 0.05) is 6.42 Å². The van der Waals surface area contributed by atoms with Crippen molar-refractivity contribution in [3.8, 4) is 0 Å². The monoisotopic (exact) mass is 216 g/mol. The zero-order valence-corrected chi connectivity index (χ0v) is 6.96. The molecule has 0 aliphatic carbocycles. The molecule has 0 aromatic heterocycles. The molecule has 2 unspecified atom stereocenters. The Labute approximate surface area is 76.0 Å². The number of ether oxygens (including phenoxy) is 2. The highest BCUT2D eigenvalue weighted by Gasteiger charge is 2.76. The highest BCUT2D eigenvalue weighted by Crippen LogP contribution is 2.46. The number of hydrogen-bond acceptors (Lipinski definition) is 5. The highest BCUT2D eigenvalue weighted by atomic mass is 19.4. The molecule has 0 bridgehead atoms. The predicted molar refractivity (Wildman–Crippen MR) is 33.8 cm³/mol. The van der Waals surface area contributed by atoms with Crippen LogP contribution < -0.4 is 0 Å². The van der Waals surface area contributed by atoms with E-state index in [4.69, 9.17) is 5.11 Å². The molecule has 8 heteroatoms. The van der Waals surface area contributed by atoms with E-state index in [-0.39, 0.29) is 0 Å². The fourth-order valence-electron chi connectivity index (χ4n) is 1.02. The van der Waals surface area contributed by atoms with E-state index in [2.05, 4.69) is 9.47 Å². The largest absolute Gasteiger partial charge is 0.514 e. The van der Waals surface area contributed by atoms with Crippen molar-refractivity contribution in [1.82, 2.24) is 0 Å². The van der Waals surface area contributed by atoms with Gasteiger partial charge in [0.15, 0.2) is 0 Å². The minimum atomic E-state index is -5.33. The molecule has 1 heterocycles. The Morgan fingerprint density at radius 2 is 1.86 bits per heavy atom. The summed E-state index contributed by atoms with van der Waals surface area (Å²) >= 11 is 0. The zero-order valence-electron chi connectivity index (χ0n) is 6.96. The highest BCUT2D eigenvalue weighted by molar-refractivity contribution is 5.63. The van der Waals surface area contributed by atoms with Gasteiger partial charge in [-0.1, -0.05) is 6.92 Å². The first-order valence-electron chi connectivity index (χ1n) is 3.60. The van der Waals surface area contributed by atoms with Crippen LogP contribution in [0.25, 0.3) is 0 Å². The summed E-state index contributed by atoms with van der Waals surface area (Å²) in [4.78, 5) is 10.4. The van der Waals surface area contributed by atoms with Gasteiger partial charge < -0.3 is 19.7 Å². The third kappa shape index (κ3) is 1.22. The summed E-state index contributed by atoms with van der Waals surface area (Å²) in [6, 6.07) is 0. The number of rotatable bonds is 1. The number of aliphatic hydroxyl groups is 2. The normalized spacial score (nSPS) is 38.0. The lowest BCUT2D eigenvalue weighted by atomic mass is 10.0. The molecule has 0 amide bonds. The Morgan fingerprint density at radius 1 is 1.36 bits per heavy atom. The average molecular weight is 216 g/mol.